The van der Waals surface area contributed by atoms with Crippen molar-refractivity contribution in [2.75, 3.05) is 0 Å². The highest BCUT2D eigenvalue weighted by Gasteiger charge is 2.17. The highest BCUT2D eigenvalue weighted by Crippen LogP contribution is 2.31. The first-order chi connectivity index (χ1) is 14.0. The maximum atomic E-state index is 14.0. The van der Waals surface area contributed by atoms with Crippen LogP contribution < -0.4 is 11.5 Å². The minimum Gasteiger partial charge on any atom is -0.383 e. The molecular weight excluding hydrogens is 385 g/mol. The predicted molar refractivity (Wildman–Crippen MR) is 120 cm³/mol. The van der Waals surface area contributed by atoms with Gasteiger partial charge in [-0.2, -0.15) is 0 Å². The number of rotatable bonds is 6. The second-order valence-corrected chi connectivity index (χ2v) is 8.03. The molecule has 0 amide bonds. The SMILES string of the molecule is CCC(N)c1ccc(F)cc1CC1=C(N=C(N)c2ccccc2Cl)CCCCC1. The summed E-state index contributed by atoms with van der Waals surface area (Å²) in [6.07, 6.45) is 6.58. The van der Waals surface area contributed by atoms with Gasteiger partial charge >= 0.3 is 0 Å². The molecule has 0 bridgehead atoms. The van der Waals surface area contributed by atoms with E-state index >= 15 is 0 Å². The quantitative estimate of drug-likeness (QED) is 0.446. The number of nitrogens with two attached hydrogens (primary N) is 2. The number of amidine groups is 1. The highest BCUT2D eigenvalue weighted by molar-refractivity contribution is 6.34. The molecule has 0 heterocycles. The molecule has 2 aromatic rings. The van der Waals surface area contributed by atoms with E-state index < -0.39 is 0 Å². The number of hydrogen-bond donors (Lipinski definition) is 2. The van der Waals surface area contributed by atoms with Crippen molar-refractivity contribution in [1.82, 2.24) is 0 Å². The molecule has 29 heavy (non-hydrogen) atoms. The van der Waals surface area contributed by atoms with Crippen molar-refractivity contribution in [3.8, 4) is 0 Å². The summed E-state index contributed by atoms with van der Waals surface area (Å²) >= 11 is 6.29. The molecule has 5 heteroatoms. The predicted octanol–water partition coefficient (Wildman–Crippen LogP) is 6.06. The molecule has 154 valence electrons. The third kappa shape index (κ3) is 5.46. The monoisotopic (exact) mass is 413 g/mol. The van der Waals surface area contributed by atoms with Crippen molar-refractivity contribution in [1.29, 1.82) is 0 Å². The second-order valence-electron chi connectivity index (χ2n) is 7.62. The van der Waals surface area contributed by atoms with Crippen molar-refractivity contribution >= 4 is 17.4 Å². The van der Waals surface area contributed by atoms with Crippen LogP contribution in [0.15, 0.2) is 58.7 Å². The molecule has 0 aromatic heterocycles. The van der Waals surface area contributed by atoms with Crippen LogP contribution in [0.2, 0.25) is 5.02 Å². The van der Waals surface area contributed by atoms with E-state index in [1.807, 2.05) is 37.3 Å². The molecule has 0 fully saturated rings. The largest absolute Gasteiger partial charge is 0.383 e. The number of benzene rings is 2. The standard InChI is InChI=1S/C24H29ClFN3/c1-2-22(27)19-13-12-18(26)15-17(19)14-16-8-4-3-5-11-23(16)29-24(28)20-9-6-7-10-21(20)25/h6-7,9-10,12-13,15,22H,2-5,8,11,14,27H2,1H3,(H2,28,29). The topological polar surface area (TPSA) is 64.4 Å². The van der Waals surface area contributed by atoms with Gasteiger partial charge in [0.05, 0.1) is 5.02 Å². The van der Waals surface area contributed by atoms with E-state index in [1.54, 1.807) is 6.07 Å². The molecule has 1 unspecified atom stereocenters. The molecule has 4 N–H and O–H groups in total. The Morgan fingerprint density at radius 2 is 1.90 bits per heavy atom. The van der Waals surface area contributed by atoms with Gasteiger partial charge in [-0.25, -0.2) is 9.38 Å². The second kappa shape index (κ2) is 10.0. The number of hydrogen-bond acceptors (Lipinski definition) is 2. The Labute approximate surface area is 177 Å². The molecule has 0 spiro atoms. The normalized spacial score (nSPS) is 16.6. The Morgan fingerprint density at radius 1 is 1.14 bits per heavy atom. The van der Waals surface area contributed by atoms with Crippen LogP contribution in [0.3, 0.4) is 0 Å². The average Bonchev–Trinajstić information content (AvgIpc) is 2.93. The summed E-state index contributed by atoms with van der Waals surface area (Å²) in [7, 11) is 0. The van der Waals surface area contributed by atoms with Crippen molar-refractivity contribution in [3.63, 3.8) is 0 Å². The lowest BCUT2D eigenvalue weighted by atomic mass is 9.92. The van der Waals surface area contributed by atoms with Gasteiger partial charge in [-0.05, 0) is 79.5 Å². The fourth-order valence-electron chi connectivity index (χ4n) is 3.87. The van der Waals surface area contributed by atoms with E-state index in [4.69, 9.17) is 28.1 Å². The van der Waals surface area contributed by atoms with Crippen LogP contribution in [0.5, 0.6) is 0 Å². The Morgan fingerprint density at radius 3 is 2.66 bits per heavy atom. The summed E-state index contributed by atoms with van der Waals surface area (Å²) in [5.74, 6) is 0.191. The maximum absolute atomic E-state index is 14.0. The molecule has 1 atom stereocenters. The molecule has 0 aliphatic heterocycles. The number of aliphatic imine (C=N–C) groups is 1. The van der Waals surface area contributed by atoms with Crippen LogP contribution in [0, 0.1) is 5.82 Å². The van der Waals surface area contributed by atoms with Crippen molar-refractivity contribution < 1.29 is 4.39 Å². The molecule has 0 radical (unpaired) electrons. The minimum atomic E-state index is -0.234. The van der Waals surface area contributed by atoms with Gasteiger partial charge in [-0.1, -0.05) is 43.1 Å². The van der Waals surface area contributed by atoms with E-state index in [2.05, 4.69) is 0 Å². The average molecular weight is 414 g/mol. The molecular formula is C24H29ClFN3. The molecule has 2 aromatic carbocycles. The van der Waals surface area contributed by atoms with Crippen LogP contribution >= 0.6 is 11.6 Å². The Balaban J connectivity index is 2.00. The van der Waals surface area contributed by atoms with Gasteiger partial charge in [0.2, 0.25) is 0 Å². The molecule has 1 aliphatic rings. The summed E-state index contributed by atoms with van der Waals surface area (Å²) in [5, 5.41) is 0.589. The maximum Gasteiger partial charge on any atom is 0.132 e. The summed E-state index contributed by atoms with van der Waals surface area (Å²) < 4.78 is 14.0. The van der Waals surface area contributed by atoms with Crippen molar-refractivity contribution in [3.05, 3.63) is 81.3 Å². The number of halogens is 2. The van der Waals surface area contributed by atoms with Crippen molar-refractivity contribution in [2.45, 2.75) is 57.9 Å². The number of nitrogens with zero attached hydrogens (tertiary/aromatic N) is 1. The first kappa shape index (κ1) is 21.5. The van der Waals surface area contributed by atoms with Crippen LogP contribution in [-0.4, -0.2) is 5.84 Å². The highest BCUT2D eigenvalue weighted by atomic mass is 35.5. The smallest absolute Gasteiger partial charge is 0.132 e. The van der Waals surface area contributed by atoms with E-state index in [9.17, 15) is 4.39 Å². The summed E-state index contributed by atoms with van der Waals surface area (Å²) in [6, 6.07) is 12.3. The van der Waals surface area contributed by atoms with Gasteiger partial charge in [0.25, 0.3) is 0 Å². The van der Waals surface area contributed by atoms with Crippen LogP contribution in [0.1, 0.15) is 68.2 Å². The summed E-state index contributed by atoms with van der Waals surface area (Å²) in [4.78, 5) is 4.79. The Bertz CT molecular complexity index is 920. The summed E-state index contributed by atoms with van der Waals surface area (Å²) in [5.41, 5.74) is 17.5. The molecule has 0 saturated heterocycles. The van der Waals surface area contributed by atoms with Crippen molar-refractivity contribution in [2.24, 2.45) is 16.5 Å². The zero-order chi connectivity index (χ0) is 20.8. The first-order valence-corrected chi connectivity index (χ1v) is 10.7. The fraction of sp³-hybridized carbons (Fsp3) is 0.375. The van der Waals surface area contributed by atoms with E-state index in [0.717, 1.165) is 60.9 Å². The fourth-order valence-corrected chi connectivity index (χ4v) is 4.10. The van der Waals surface area contributed by atoms with Gasteiger partial charge in [0.15, 0.2) is 0 Å². The van der Waals surface area contributed by atoms with Gasteiger partial charge in [-0.15, -0.1) is 0 Å². The van der Waals surface area contributed by atoms with Gasteiger partial charge in [-0.3, -0.25) is 0 Å². The zero-order valence-electron chi connectivity index (χ0n) is 16.9. The molecule has 3 rings (SSSR count). The number of allylic oxidation sites excluding steroid dienone is 2. The zero-order valence-corrected chi connectivity index (χ0v) is 17.7. The van der Waals surface area contributed by atoms with E-state index in [1.165, 1.54) is 11.6 Å². The molecule has 0 saturated carbocycles. The lowest BCUT2D eigenvalue weighted by molar-refractivity contribution is 0.619. The van der Waals surface area contributed by atoms with Crippen LogP contribution in [-0.2, 0) is 6.42 Å². The Hall–Kier alpha value is -2.17. The Kier molecular flexibility index (Phi) is 7.45. The molecule has 1 aliphatic carbocycles. The minimum absolute atomic E-state index is 0.0999. The van der Waals surface area contributed by atoms with E-state index in [0.29, 0.717) is 17.3 Å². The third-order valence-electron chi connectivity index (χ3n) is 5.55. The van der Waals surface area contributed by atoms with Gasteiger partial charge in [0.1, 0.15) is 11.7 Å². The third-order valence-corrected chi connectivity index (χ3v) is 5.88. The summed E-state index contributed by atoms with van der Waals surface area (Å²) in [6.45, 7) is 2.04. The van der Waals surface area contributed by atoms with Gasteiger partial charge < -0.3 is 11.5 Å². The lowest BCUT2D eigenvalue weighted by Crippen LogP contribution is -2.15. The van der Waals surface area contributed by atoms with Crippen LogP contribution in [0.4, 0.5) is 4.39 Å². The molecule has 3 nitrogen and oxygen atoms in total. The first-order valence-electron chi connectivity index (χ1n) is 10.3. The van der Waals surface area contributed by atoms with Gasteiger partial charge in [0, 0.05) is 17.3 Å². The van der Waals surface area contributed by atoms with E-state index in [-0.39, 0.29) is 11.9 Å². The lowest BCUT2D eigenvalue weighted by Gasteiger charge is -2.17. The van der Waals surface area contributed by atoms with Crippen LogP contribution in [0.25, 0.3) is 0 Å².